The van der Waals surface area contributed by atoms with E-state index in [9.17, 15) is 0 Å². The molecule has 0 saturated heterocycles. The van der Waals surface area contributed by atoms with Gasteiger partial charge in [0.15, 0.2) is 0 Å². The molecule has 0 saturated carbocycles. The summed E-state index contributed by atoms with van der Waals surface area (Å²) in [6.45, 7) is 2.00. The van der Waals surface area contributed by atoms with Crippen LogP contribution in [0, 0.1) is 0 Å². The molecule has 3 aromatic carbocycles. The first kappa shape index (κ1) is 14.4. The molecule has 4 aromatic rings. The first-order valence-electron chi connectivity index (χ1n) is 7.90. The van der Waals surface area contributed by atoms with E-state index < -0.39 is 0 Å². The van der Waals surface area contributed by atoms with Gasteiger partial charge in [0.1, 0.15) is 0 Å². The zero-order valence-electron chi connectivity index (χ0n) is 13.3. The second-order valence-corrected chi connectivity index (χ2v) is 5.56. The zero-order valence-corrected chi connectivity index (χ0v) is 13.3. The van der Waals surface area contributed by atoms with Crippen LogP contribution in [0.4, 0.5) is 0 Å². The van der Waals surface area contributed by atoms with E-state index in [4.69, 9.17) is 4.42 Å². The van der Waals surface area contributed by atoms with Crippen LogP contribution in [-0.2, 0) is 0 Å². The Kier molecular flexibility index (Phi) is 3.67. The molecule has 0 radical (unpaired) electrons. The van der Waals surface area contributed by atoms with Crippen LogP contribution < -0.4 is 0 Å². The molecule has 1 aromatic heterocycles. The Labute approximate surface area is 140 Å². The van der Waals surface area contributed by atoms with E-state index in [0.717, 1.165) is 27.5 Å². The third-order valence-corrected chi connectivity index (χ3v) is 3.96. The second-order valence-electron chi connectivity index (χ2n) is 5.56. The molecule has 0 aliphatic heterocycles. The Hall–Kier alpha value is -3.20. The molecule has 0 unspecified atom stereocenters. The first-order chi connectivity index (χ1) is 11.8. The lowest BCUT2D eigenvalue weighted by Crippen LogP contribution is -1.81. The molecule has 116 valence electrons. The first-order valence-corrected chi connectivity index (χ1v) is 7.90. The monoisotopic (exact) mass is 312 g/mol. The highest BCUT2D eigenvalue weighted by atomic mass is 16.4. The van der Waals surface area contributed by atoms with Crippen LogP contribution in [0.1, 0.15) is 12.5 Å². The summed E-state index contributed by atoms with van der Waals surface area (Å²) in [5.41, 5.74) is 3.02. The van der Waals surface area contributed by atoms with E-state index in [1.165, 1.54) is 0 Å². The zero-order chi connectivity index (χ0) is 16.4. The molecule has 1 heterocycles. The molecule has 0 fully saturated rings. The molecule has 0 amide bonds. The number of hydrogen-bond acceptors (Lipinski definition) is 3. The summed E-state index contributed by atoms with van der Waals surface area (Å²) < 4.78 is 5.92. The number of fused-ring (bicyclic) bond motifs is 1. The van der Waals surface area contributed by atoms with Crippen molar-refractivity contribution in [2.45, 2.75) is 6.92 Å². The molecule has 4 rings (SSSR count). The molecule has 3 nitrogen and oxygen atoms in total. The van der Waals surface area contributed by atoms with Gasteiger partial charge in [-0.3, -0.25) is 0 Å². The molecule has 0 bridgehead atoms. The van der Waals surface area contributed by atoms with E-state index in [0.29, 0.717) is 11.8 Å². The largest absolute Gasteiger partial charge is 0.416 e. The highest BCUT2D eigenvalue weighted by molar-refractivity contribution is 5.94. The average molecular weight is 312 g/mol. The third-order valence-electron chi connectivity index (χ3n) is 3.96. The van der Waals surface area contributed by atoms with Crippen LogP contribution in [0.15, 0.2) is 77.2 Å². The minimum absolute atomic E-state index is 0.532. The number of benzene rings is 3. The van der Waals surface area contributed by atoms with Crippen molar-refractivity contribution in [3.8, 4) is 22.9 Å². The molecule has 0 spiro atoms. The minimum Gasteiger partial charge on any atom is -0.416 e. The summed E-state index contributed by atoms with van der Waals surface area (Å²) >= 11 is 0. The third kappa shape index (κ3) is 2.61. The van der Waals surface area contributed by atoms with E-state index in [-0.39, 0.29) is 0 Å². The summed E-state index contributed by atoms with van der Waals surface area (Å²) in [4.78, 5) is 0. The Balaban J connectivity index is 1.74. The van der Waals surface area contributed by atoms with Gasteiger partial charge in [0.2, 0.25) is 11.8 Å². The van der Waals surface area contributed by atoms with Gasteiger partial charge in [0.05, 0.1) is 0 Å². The lowest BCUT2D eigenvalue weighted by atomic mass is 10.0. The fourth-order valence-electron chi connectivity index (χ4n) is 2.79. The summed E-state index contributed by atoms with van der Waals surface area (Å²) in [6, 6.07) is 22.4. The van der Waals surface area contributed by atoms with Gasteiger partial charge in [0.25, 0.3) is 0 Å². The lowest BCUT2D eigenvalue weighted by molar-refractivity contribution is 0.585. The van der Waals surface area contributed by atoms with Crippen molar-refractivity contribution in [1.29, 1.82) is 0 Å². The van der Waals surface area contributed by atoms with Crippen molar-refractivity contribution in [2.24, 2.45) is 0 Å². The topological polar surface area (TPSA) is 38.9 Å². The SMILES string of the molecule is CC=Cc1ccc(-c2nnc(-c3cccc4ccccc34)o2)cc1. The van der Waals surface area contributed by atoms with Gasteiger partial charge in [-0.15, -0.1) is 10.2 Å². The van der Waals surface area contributed by atoms with Crippen molar-refractivity contribution in [3.63, 3.8) is 0 Å². The summed E-state index contributed by atoms with van der Waals surface area (Å²) in [6.07, 6.45) is 4.07. The maximum atomic E-state index is 5.92. The molecule has 0 aliphatic rings. The molecule has 0 aliphatic carbocycles. The Morgan fingerprint density at radius 3 is 2.38 bits per heavy atom. The quantitative estimate of drug-likeness (QED) is 0.495. The highest BCUT2D eigenvalue weighted by Gasteiger charge is 2.12. The standard InChI is InChI=1S/C21H16N2O/c1-2-6-15-11-13-17(14-12-15)20-22-23-21(24-20)19-10-5-8-16-7-3-4-9-18(16)19/h2-14H,1H3. The van der Waals surface area contributed by atoms with Gasteiger partial charge in [-0.2, -0.15) is 0 Å². The maximum absolute atomic E-state index is 5.92. The molecule has 0 atom stereocenters. The van der Waals surface area contributed by atoms with E-state index in [1.807, 2.05) is 61.5 Å². The Morgan fingerprint density at radius 2 is 1.54 bits per heavy atom. The van der Waals surface area contributed by atoms with Gasteiger partial charge in [-0.05, 0) is 41.5 Å². The smallest absolute Gasteiger partial charge is 0.248 e. The van der Waals surface area contributed by atoms with E-state index in [1.54, 1.807) is 0 Å². The molecular formula is C21H16N2O. The van der Waals surface area contributed by atoms with Crippen LogP contribution in [-0.4, -0.2) is 10.2 Å². The van der Waals surface area contributed by atoms with Crippen molar-refractivity contribution >= 4 is 16.8 Å². The van der Waals surface area contributed by atoms with E-state index >= 15 is 0 Å². The van der Waals surface area contributed by atoms with Crippen molar-refractivity contribution < 1.29 is 4.42 Å². The molecule has 3 heteroatoms. The normalized spacial score (nSPS) is 11.4. The summed E-state index contributed by atoms with van der Waals surface area (Å²) in [5, 5.41) is 10.7. The number of allylic oxidation sites excluding steroid dienone is 1. The van der Waals surface area contributed by atoms with Crippen molar-refractivity contribution in [2.75, 3.05) is 0 Å². The summed E-state index contributed by atoms with van der Waals surface area (Å²) in [5.74, 6) is 1.07. The van der Waals surface area contributed by atoms with Crippen LogP contribution in [0.5, 0.6) is 0 Å². The van der Waals surface area contributed by atoms with Crippen molar-refractivity contribution in [1.82, 2.24) is 10.2 Å². The Bertz CT molecular complexity index is 1010. The molecule has 24 heavy (non-hydrogen) atoms. The van der Waals surface area contributed by atoms with Crippen LogP contribution in [0.25, 0.3) is 39.8 Å². The molecular weight excluding hydrogens is 296 g/mol. The minimum atomic E-state index is 0.532. The fraction of sp³-hybridized carbons (Fsp3) is 0.0476. The number of nitrogens with zero attached hydrogens (tertiary/aromatic N) is 2. The molecule has 0 N–H and O–H groups in total. The van der Waals surface area contributed by atoms with Crippen LogP contribution >= 0.6 is 0 Å². The fourth-order valence-corrected chi connectivity index (χ4v) is 2.79. The van der Waals surface area contributed by atoms with Crippen molar-refractivity contribution in [3.05, 3.63) is 78.4 Å². The van der Waals surface area contributed by atoms with Gasteiger partial charge in [-0.25, -0.2) is 0 Å². The van der Waals surface area contributed by atoms with Gasteiger partial charge < -0.3 is 4.42 Å². The predicted molar refractivity (Wildman–Crippen MR) is 97.4 cm³/mol. The summed E-state index contributed by atoms with van der Waals surface area (Å²) in [7, 11) is 0. The number of hydrogen-bond donors (Lipinski definition) is 0. The Morgan fingerprint density at radius 1 is 0.792 bits per heavy atom. The van der Waals surface area contributed by atoms with Crippen LogP contribution in [0.3, 0.4) is 0 Å². The van der Waals surface area contributed by atoms with Gasteiger partial charge in [0, 0.05) is 11.1 Å². The van der Waals surface area contributed by atoms with Gasteiger partial charge in [-0.1, -0.05) is 60.7 Å². The highest BCUT2D eigenvalue weighted by Crippen LogP contribution is 2.29. The van der Waals surface area contributed by atoms with Gasteiger partial charge >= 0.3 is 0 Å². The average Bonchev–Trinajstić information content (AvgIpc) is 3.12. The predicted octanol–water partition coefficient (Wildman–Crippen LogP) is 5.59. The maximum Gasteiger partial charge on any atom is 0.248 e. The van der Waals surface area contributed by atoms with Crippen LogP contribution in [0.2, 0.25) is 0 Å². The van der Waals surface area contributed by atoms with E-state index in [2.05, 4.69) is 34.5 Å². The number of aromatic nitrogens is 2. The lowest BCUT2D eigenvalue weighted by Gasteiger charge is -2.02. The second kappa shape index (κ2) is 6.13. The number of rotatable bonds is 3.